The highest BCUT2D eigenvalue weighted by Crippen LogP contribution is 2.15. The molecular weight excluding hydrogens is 292 g/mol. The highest BCUT2D eigenvalue weighted by molar-refractivity contribution is 5.80. The van der Waals surface area contributed by atoms with Crippen LogP contribution >= 0.6 is 0 Å². The van der Waals surface area contributed by atoms with Gasteiger partial charge in [0.2, 0.25) is 0 Å². The van der Waals surface area contributed by atoms with Gasteiger partial charge in [0.05, 0.1) is 25.9 Å². The van der Waals surface area contributed by atoms with E-state index in [1.54, 1.807) is 0 Å². The molecule has 1 unspecified atom stereocenters. The summed E-state index contributed by atoms with van der Waals surface area (Å²) in [6.07, 6.45) is 1.78. The zero-order valence-corrected chi connectivity index (χ0v) is 15.0. The van der Waals surface area contributed by atoms with Crippen LogP contribution in [-0.4, -0.2) is 85.5 Å². The van der Waals surface area contributed by atoms with Crippen molar-refractivity contribution >= 4 is 5.96 Å². The Morgan fingerprint density at radius 2 is 2.04 bits per heavy atom. The SMILES string of the molecule is CCNC(=NCC(CC(C)C)N1CCOCC1)N1CC[C@@H](O)C1. The minimum Gasteiger partial charge on any atom is -0.391 e. The number of aliphatic imine (C=N–C) groups is 1. The maximum atomic E-state index is 9.77. The number of nitrogens with zero attached hydrogens (tertiary/aromatic N) is 3. The zero-order valence-electron chi connectivity index (χ0n) is 15.0. The van der Waals surface area contributed by atoms with E-state index in [0.717, 1.165) is 64.7 Å². The average molecular weight is 326 g/mol. The van der Waals surface area contributed by atoms with Gasteiger partial charge in [-0.15, -0.1) is 0 Å². The molecule has 134 valence electrons. The molecule has 2 saturated heterocycles. The Morgan fingerprint density at radius 1 is 1.30 bits per heavy atom. The van der Waals surface area contributed by atoms with Gasteiger partial charge in [-0.1, -0.05) is 13.8 Å². The number of likely N-dealkylation sites (tertiary alicyclic amines) is 1. The summed E-state index contributed by atoms with van der Waals surface area (Å²) in [7, 11) is 0. The molecule has 6 nitrogen and oxygen atoms in total. The molecule has 23 heavy (non-hydrogen) atoms. The summed E-state index contributed by atoms with van der Waals surface area (Å²) < 4.78 is 5.49. The third-order valence-corrected chi connectivity index (χ3v) is 4.56. The van der Waals surface area contributed by atoms with Crippen molar-refractivity contribution in [2.75, 3.05) is 52.5 Å². The molecule has 2 aliphatic heterocycles. The second-order valence-electron chi connectivity index (χ2n) is 7.01. The third kappa shape index (κ3) is 5.94. The molecule has 0 spiro atoms. The first-order valence-corrected chi connectivity index (χ1v) is 9.13. The van der Waals surface area contributed by atoms with Crippen LogP contribution in [0.5, 0.6) is 0 Å². The van der Waals surface area contributed by atoms with Gasteiger partial charge in [-0.2, -0.15) is 0 Å². The van der Waals surface area contributed by atoms with E-state index in [1.807, 2.05) is 0 Å². The van der Waals surface area contributed by atoms with Crippen LogP contribution in [0.15, 0.2) is 4.99 Å². The van der Waals surface area contributed by atoms with E-state index in [0.29, 0.717) is 18.5 Å². The van der Waals surface area contributed by atoms with E-state index >= 15 is 0 Å². The van der Waals surface area contributed by atoms with Crippen molar-refractivity contribution in [3.8, 4) is 0 Å². The fourth-order valence-corrected chi connectivity index (χ4v) is 3.38. The molecule has 2 fully saturated rings. The number of nitrogens with one attached hydrogen (secondary N) is 1. The number of β-amino-alcohol motifs (C(OH)–C–C–N with tert-alkyl or cyclic N) is 1. The van der Waals surface area contributed by atoms with E-state index < -0.39 is 0 Å². The van der Waals surface area contributed by atoms with Crippen LogP contribution in [0.4, 0.5) is 0 Å². The third-order valence-electron chi connectivity index (χ3n) is 4.56. The van der Waals surface area contributed by atoms with Gasteiger partial charge in [-0.3, -0.25) is 9.89 Å². The van der Waals surface area contributed by atoms with Crippen LogP contribution in [0.3, 0.4) is 0 Å². The van der Waals surface area contributed by atoms with E-state index in [2.05, 4.69) is 35.9 Å². The highest BCUT2D eigenvalue weighted by atomic mass is 16.5. The van der Waals surface area contributed by atoms with Gasteiger partial charge in [0.25, 0.3) is 0 Å². The van der Waals surface area contributed by atoms with Crippen molar-refractivity contribution < 1.29 is 9.84 Å². The molecule has 0 saturated carbocycles. The Hall–Kier alpha value is -0.850. The number of aliphatic hydroxyl groups is 1. The number of guanidine groups is 1. The Morgan fingerprint density at radius 3 is 2.61 bits per heavy atom. The van der Waals surface area contributed by atoms with Crippen molar-refractivity contribution in [3.05, 3.63) is 0 Å². The molecule has 0 aliphatic carbocycles. The topological polar surface area (TPSA) is 60.3 Å². The van der Waals surface area contributed by atoms with Gasteiger partial charge in [0.15, 0.2) is 5.96 Å². The summed E-state index contributed by atoms with van der Waals surface area (Å²) >= 11 is 0. The Kier molecular flexibility index (Phi) is 7.59. The molecule has 0 aromatic heterocycles. The van der Waals surface area contributed by atoms with E-state index in [1.165, 1.54) is 0 Å². The molecule has 0 aromatic carbocycles. The number of morpholine rings is 1. The average Bonchev–Trinajstić information content (AvgIpc) is 2.97. The van der Waals surface area contributed by atoms with Crippen LogP contribution in [0.1, 0.15) is 33.6 Å². The van der Waals surface area contributed by atoms with Crippen molar-refractivity contribution in [3.63, 3.8) is 0 Å². The number of rotatable bonds is 6. The predicted octanol–water partition coefficient (Wildman–Crippen LogP) is 0.765. The molecule has 0 amide bonds. The molecule has 2 N–H and O–H groups in total. The van der Waals surface area contributed by atoms with Crippen molar-refractivity contribution in [2.24, 2.45) is 10.9 Å². The van der Waals surface area contributed by atoms with Crippen molar-refractivity contribution in [1.29, 1.82) is 0 Å². The summed E-state index contributed by atoms with van der Waals surface area (Å²) in [5.41, 5.74) is 0. The lowest BCUT2D eigenvalue weighted by atomic mass is 10.0. The maximum absolute atomic E-state index is 9.77. The van der Waals surface area contributed by atoms with Gasteiger partial charge in [-0.05, 0) is 25.7 Å². The summed E-state index contributed by atoms with van der Waals surface area (Å²) in [6, 6.07) is 0.472. The molecule has 0 radical (unpaired) electrons. The highest BCUT2D eigenvalue weighted by Gasteiger charge is 2.25. The summed E-state index contributed by atoms with van der Waals surface area (Å²) in [5.74, 6) is 1.61. The second kappa shape index (κ2) is 9.45. The fourth-order valence-electron chi connectivity index (χ4n) is 3.38. The lowest BCUT2D eigenvalue weighted by Crippen LogP contribution is -2.46. The molecule has 6 heteroatoms. The van der Waals surface area contributed by atoms with Crippen LogP contribution < -0.4 is 5.32 Å². The van der Waals surface area contributed by atoms with Gasteiger partial charge >= 0.3 is 0 Å². The molecule has 2 rings (SSSR count). The van der Waals surface area contributed by atoms with Crippen LogP contribution in [0.25, 0.3) is 0 Å². The maximum Gasteiger partial charge on any atom is 0.194 e. The second-order valence-corrected chi connectivity index (χ2v) is 7.01. The molecule has 2 atom stereocenters. The number of hydrogen-bond donors (Lipinski definition) is 2. The molecule has 2 heterocycles. The predicted molar refractivity (Wildman–Crippen MR) is 93.8 cm³/mol. The normalized spacial score (nSPS) is 25.2. The summed E-state index contributed by atoms with van der Waals surface area (Å²) in [5, 5.41) is 13.1. The molecule has 2 aliphatic rings. The smallest absolute Gasteiger partial charge is 0.194 e. The zero-order chi connectivity index (χ0) is 16.7. The summed E-state index contributed by atoms with van der Waals surface area (Å²) in [6.45, 7) is 13.6. The van der Waals surface area contributed by atoms with E-state index in [-0.39, 0.29) is 6.10 Å². The lowest BCUT2D eigenvalue weighted by molar-refractivity contribution is 0.0142. The molecular formula is C17H34N4O2. The lowest BCUT2D eigenvalue weighted by Gasteiger charge is -2.35. The van der Waals surface area contributed by atoms with E-state index in [9.17, 15) is 5.11 Å². The minimum atomic E-state index is -0.218. The number of ether oxygens (including phenoxy) is 1. The Balaban J connectivity index is 1.99. The van der Waals surface area contributed by atoms with Crippen LogP contribution in [0, 0.1) is 5.92 Å². The Bertz CT molecular complexity index is 370. The Labute approximate surface area is 140 Å². The van der Waals surface area contributed by atoms with Crippen LogP contribution in [-0.2, 0) is 4.74 Å². The quantitative estimate of drug-likeness (QED) is 0.558. The largest absolute Gasteiger partial charge is 0.391 e. The van der Waals surface area contributed by atoms with Gasteiger partial charge in [-0.25, -0.2) is 0 Å². The van der Waals surface area contributed by atoms with Crippen molar-refractivity contribution in [2.45, 2.75) is 45.8 Å². The van der Waals surface area contributed by atoms with Gasteiger partial charge in [0, 0.05) is 38.8 Å². The minimum absolute atomic E-state index is 0.218. The first-order chi connectivity index (χ1) is 11.1. The van der Waals surface area contributed by atoms with Crippen molar-refractivity contribution in [1.82, 2.24) is 15.1 Å². The van der Waals surface area contributed by atoms with E-state index in [4.69, 9.17) is 9.73 Å². The van der Waals surface area contributed by atoms with Gasteiger partial charge in [0.1, 0.15) is 0 Å². The first kappa shape index (κ1) is 18.5. The molecule has 0 aromatic rings. The number of hydrogen-bond acceptors (Lipinski definition) is 4. The van der Waals surface area contributed by atoms with Gasteiger partial charge < -0.3 is 20.1 Å². The number of aliphatic hydroxyl groups excluding tert-OH is 1. The molecule has 0 bridgehead atoms. The van der Waals surface area contributed by atoms with Crippen LogP contribution in [0.2, 0.25) is 0 Å². The monoisotopic (exact) mass is 326 g/mol. The summed E-state index contributed by atoms with van der Waals surface area (Å²) in [4.78, 5) is 9.60. The fraction of sp³-hybridized carbons (Fsp3) is 0.941. The first-order valence-electron chi connectivity index (χ1n) is 9.13. The standard InChI is InChI=1S/C17H34N4O2/c1-4-18-17(21-6-5-16(22)13-21)19-12-15(11-14(2)3)20-7-9-23-10-8-20/h14-16,22H,4-13H2,1-3H3,(H,18,19)/t15?,16-/m1/s1.